The van der Waals surface area contributed by atoms with E-state index in [0.717, 1.165) is 0 Å². The van der Waals surface area contributed by atoms with E-state index in [1.165, 1.54) is 17.7 Å². The normalized spacial score (nSPS) is 10.9. The number of halogens is 3. The molecule has 0 atom stereocenters. The first-order chi connectivity index (χ1) is 6.66. The molecule has 0 fully saturated rings. The Morgan fingerprint density at radius 1 is 1.43 bits per heavy atom. The Morgan fingerprint density at radius 3 is 2.79 bits per heavy atom. The Labute approximate surface area is 86.4 Å². The highest BCUT2D eigenvalue weighted by molar-refractivity contribution is 6.25. The van der Waals surface area contributed by atoms with Gasteiger partial charge < -0.3 is 5.32 Å². The summed E-state index contributed by atoms with van der Waals surface area (Å²) in [6, 6.07) is 2.62. The molecule has 4 heteroatoms. The van der Waals surface area contributed by atoms with Gasteiger partial charge in [-0.2, -0.15) is 0 Å². The Balaban J connectivity index is 2.89. The fraction of sp³-hybridized carbons (Fsp3) is 0.200. The van der Waals surface area contributed by atoms with Crippen LogP contribution in [0.4, 0.5) is 14.5 Å². The standard InChI is InChI=1S/C10H10ClF2N/c1-7-3-4-8(12)10(9(7)13)14-6-2-5-11/h2-5,14H,6H2,1H3/b5-2+. The molecule has 1 aromatic carbocycles. The fourth-order valence-corrected chi connectivity index (χ4v) is 1.11. The van der Waals surface area contributed by atoms with Crippen molar-refractivity contribution in [3.8, 4) is 0 Å². The molecule has 0 radical (unpaired) electrons. The molecule has 0 aliphatic rings. The maximum atomic E-state index is 13.3. The largest absolute Gasteiger partial charge is 0.377 e. The van der Waals surface area contributed by atoms with Gasteiger partial charge in [0.25, 0.3) is 0 Å². The lowest BCUT2D eigenvalue weighted by Gasteiger charge is -2.07. The van der Waals surface area contributed by atoms with Crippen LogP contribution in [0, 0.1) is 18.6 Å². The van der Waals surface area contributed by atoms with Gasteiger partial charge in [-0.1, -0.05) is 23.7 Å². The topological polar surface area (TPSA) is 12.0 Å². The van der Waals surface area contributed by atoms with Crippen LogP contribution in [0.1, 0.15) is 5.56 Å². The van der Waals surface area contributed by atoms with Crippen LogP contribution < -0.4 is 5.32 Å². The highest BCUT2D eigenvalue weighted by Crippen LogP contribution is 2.21. The maximum absolute atomic E-state index is 13.3. The van der Waals surface area contributed by atoms with E-state index in [2.05, 4.69) is 5.32 Å². The smallest absolute Gasteiger partial charge is 0.152 e. The highest BCUT2D eigenvalue weighted by Gasteiger charge is 2.09. The minimum atomic E-state index is -0.601. The molecular weight excluding hydrogens is 208 g/mol. The molecule has 0 heterocycles. The zero-order chi connectivity index (χ0) is 10.6. The summed E-state index contributed by atoms with van der Waals surface area (Å²) in [5.41, 5.74) is 1.59. The van der Waals surface area contributed by atoms with Crippen LogP contribution in [0.5, 0.6) is 0 Å². The second kappa shape index (κ2) is 4.96. The molecule has 0 aliphatic heterocycles. The van der Waals surface area contributed by atoms with E-state index in [-0.39, 0.29) is 5.69 Å². The number of anilines is 1. The van der Waals surface area contributed by atoms with Crippen LogP contribution in [-0.2, 0) is 0 Å². The van der Waals surface area contributed by atoms with Gasteiger partial charge in [-0.05, 0) is 18.6 Å². The number of rotatable bonds is 3. The molecule has 0 bridgehead atoms. The number of aryl methyl sites for hydroxylation is 1. The van der Waals surface area contributed by atoms with Gasteiger partial charge >= 0.3 is 0 Å². The average Bonchev–Trinajstić information content (AvgIpc) is 2.18. The van der Waals surface area contributed by atoms with Crippen LogP contribution in [-0.4, -0.2) is 6.54 Å². The summed E-state index contributed by atoms with van der Waals surface area (Å²) < 4.78 is 26.4. The molecule has 14 heavy (non-hydrogen) atoms. The zero-order valence-electron chi connectivity index (χ0n) is 7.65. The van der Waals surface area contributed by atoms with Gasteiger partial charge in [-0.25, -0.2) is 8.78 Å². The molecule has 0 saturated carbocycles. The average molecular weight is 218 g/mol. The summed E-state index contributed by atoms with van der Waals surface area (Å²) in [6.07, 6.45) is 1.56. The van der Waals surface area contributed by atoms with Crippen molar-refractivity contribution in [3.63, 3.8) is 0 Å². The first-order valence-electron chi connectivity index (χ1n) is 4.10. The van der Waals surface area contributed by atoms with E-state index >= 15 is 0 Å². The fourth-order valence-electron chi connectivity index (χ4n) is 1.02. The second-order valence-corrected chi connectivity index (χ2v) is 3.05. The molecule has 1 rings (SSSR count). The molecule has 0 spiro atoms. The lowest BCUT2D eigenvalue weighted by Crippen LogP contribution is -2.04. The molecule has 0 saturated heterocycles. The van der Waals surface area contributed by atoms with E-state index in [9.17, 15) is 8.78 Å². The van der Waals surface area contributed by atoms with Crippen molar-refractivity contribution in [1.29, 1.82) is 0 Å². The summed E-state index contributed by atoms with van der Waals surface area (Å²) in [5.74, 6) is -1.16. The van der Waals surface area contributed by atoms with E-state index in [1.54, 1.807) is 13.0 Å². The van der Waals surface area contributed by atoms with Gasteiger partial charge in [-0.3, -0.25) is 0 Å². The van der Waals surface area contributed by atoms with Gasteiger partial charge in [0.15, 0.2) is 5.82 Å². The minimum absolute atomic E-state index is 0.111. The maximum Gasteiger partial charge on any atom is 0.152 e. The van der Waals surface area contributed by atoms with E-state index in [0.29, 0.717) is 12.1 Å². The van der Waals surface area contributed by atoms with Crippen molar-refractivity contribution >= 4 is 17.3 Å². The number of benzene rings is 1. The molecule has 1 aromatic rings. The number of nitrogens with one attached hydrogen (secondary N) is 1. The van der Waals surface area contributed by atoms with Crippen LogP contribution in [0.3, 0.4) is 0 Å². The van der Waals surface area contributed by atoms with Crippen molar-refractivity contribution < 1.29 is 8.78 Å². The Bertz CT molecular complexity index is 350. The van der Waals surface area contributed by atoms with Crippen LogP contribution in [0.25, 0.3) is 0 Å². The van der Waals surface area contributed by atoms with Gasteiger partial charge in [-0.15, -0.1) is 0 Å². The molecule has 0 amide bonds. The van der Waals surface area contributed by atoms with Gasteiger partial charge in [0, 0.05) is 12.1 Å². The Kier molecular flexibility index (Phi) is 3.89. The third kappa shape index (κ3) is 2.45. The first kappa shape index (κ1) is 11.0. The third-order valence-electron chi connectivity index (χ3n) is 1.77. The summed E-state index contributed by atoms with van der Waals surface area (Å²) in [5, 5.41) is 2.60. The molecule has 0 aromatic heterocycles. The van der Waals surface area contributed by atoms with Crippen molar-refractivity contribution in [2.24, 2.45) is 0 Å². The third-order valence-corrected chi connectivity index (χ3v) is 1.95. The Morgan fingerprint density at radius 2 is 2.14 bits per heavy atom. The second-order valence-electron chi connectivity index (χ2n) is 2.80. The van der Waals surface area contributed by atoms with Gasteiger partial charge in [0.05, 0.1) is 0 Å². The summed E-state index contributed by atoms with van der Waals surface area (Å²) in [6.45, 7) is 1.87. The molecule has 1 nitrogen and oxygen atoms in total. The van der Waals surface area contributed by atoms with Crippen LogP contribution in [0.15, 0.2) is 23.7 Å². The monoisotopic (exact) mass is 217 g/mol. The first-order valence-corrected chi connectivity index (χ1v) is 4.54. The van der Waals surface area contributed by atoms with Crippen molar-refractivity contribution in [2.45, 2.75) is 6.92 Å². The Hall–Kier alpha value is -1.09. The van der Waals surface area contributed by atoms with E-state index in [4.69, 9.17) is 11.6 Å². The predicted octanol–water partition coefficient (Wildman–Crippen LogP) is 3.44. The summed E-state index contributed by atoms with van der Waals surface area (Å²) in [7, 11) is 0. The highest BCUT2D eigenvalue weighted by atomic mass is 35.5. The van der Waals surface area contributed by atoms with Gasteiger partial charge in [0.1, 0.15) is 11.5 Å². The quantitative estimate of drug-likeness (QED) is 0.818. The van der Waals surface area contributed by atoms with Crippen LogP contribution >= 0.6 is 11.6 Å². The minimum Gasteiger partial charge on any atom is -0.377 e. The number of hydrogen-bond acceptors (Lipinski definition) is 1. The summed E-state index contributed by atoms with van der Waals surface area (Å²) in [4.78, 5) is 0. The number of hydrogen-bond donors (Lipinski definition) is 1. The SMILES string of the molecule is Cc1ccc(F)c(NC/C=C/Cl)c1F. The molecule has 76 valence electrons. The van der Waals surface area contributed by atoms with Gasteiger partial charge in [0.2, 0.25) is 0 Å². The van der Waals surface area contributed by atoms with E-state index in [1.807, 2.05) is 0 Å². The molecule has 1 N–H and O–H groups in total. The molecule has 0 unspecified atom stereocenters. The van der Waals surface area contributed by atoms with Crippen molar-refractivity contribution in [2.75, 3.05) is 11.9 Å². The van der Waals surface area contributed by atoms with Crippen molar-refractivity contribution in [3.05, 3.63) is 40.9 Å². The molecule has 0 aliphatic carbocycles. The van der Waals surface area contributed by atoms with E-state index < -0.39 is 11.6 Å². The predicted molar refractivity (Wildman–Crippen MR) is 54.6 cm³/mol. The lowest BCUT2D eigenvalue weighted by molar-refractivity contribution is 0.583. The summed E-state index contributed by atoms with van der Waals surface area (Å²) >= 11 is 5.27. The zero-order valence-corrected chi connectivity index (χ0v) is 8.41. The lowest BCUT2D eigenvalue weighted by atomic mass is 10.2. The van der Waals surface area contributed by atoms with Crippen LogP contribution in [0.2, 0.25) is 0 Å². The van der Waals surface area contributed by atoms with Crippen molar-refractivity contribution in [1.82, 2.24) is 0 Å². The molecular formula is C10H10ClF2N.